The Morgan fingerprint density at radius 2 is 2.29 bits per heavy atom. The van der Waals surface area contributed by atoms with Crippen LogP contribution in [0.1, 0.15) is 6.92 Å². The zero-order valence-electron chi connectivity index (χ0n) is 7.90. The normalized spacial score (nSPS) is 13.3. The molecule has 1 aromatic heterocycles. The van der Waals surface area contributed by atoms with Crippen LogP contribution >= 0.6 is 11.8 Å². The van der Waals surface area contributed by atoms with E-state index in [1.54, 1.807) is 6.92 Å². The lowest BCUT2D eigenvalue weighted by Crippen LogP contribution is -2.02. The van der Waals surface area contributed by atoms with E-state index < -0.39 is 0 Å². The van der Waals surface area contributed by atoms with E-state index in [-0.39, 0.29) is 6.10 Å². The van der Waals surface area contributed by atoms with Gasteiger partial charge in [-0.15, -0.1) is 0 Å². The molecule has 2 aromatic rings. The average molecular weight is 208 g/mol. The maximum Gasteiger partial charge on any atom is 0.166 e. The fraction of sp³-hybridized carbons (Fsp3) is 0.300. The fourth-order valence-electron chi connectivity index (χ4n) is 1.20. The molecule has 0 saturated carbocycles. The predicted molar refractivity (Wildman–Crippen MR) is 58.5 cm³/mol. The highest BCUT2D eigenvalue weighted by atomic mass is 32.2. The summed E-state index contributed by atoms with van der Waals surface area (Å²) in [5.41, 5.74) is 2.01. The van der Waals surface area contributed by atoms with E-state index in [4.69, 9.17) is 5.11 Å². The van der Waals surface area contributed by atoms with E-state index in [1.165, 1.54) is 11.8 Å². The lowest BCUT2D eigenvalue weighted by atomic mass is 10.3. The van der Waals surface area contributed by atoms with Crippen LogP contribution in [0.2, 0.25) is 0 Å². The Balaban J connectivity index is 2.19. The van der Waals surface area contributed by atoms with Gasteiger partial charge in [-0.2, -0.15) is 0 Å². The van der Waals surface area contributed by atoms with Crippen molar-refractivity contribution in [2.24, 2.45) is 0 Å². The summed E-state index contributed by atoms with van der Waals surface area (Å²) in [4.78, 5) is 7.57. The zero-order valence-corrected chi connectivity index (χ0v) is 8.71. The fourth-order valence-corrected chi connectivity index (χ4v) is 1.94. The topological polar surface area (TPSA) is 48.9 Å². The number of aromatic nitrogens is 2. The standard InChI is InChI=1S/C10H12N2OS/c1-7(13)6-14-10-11-8-4-2-3-5-9(8)12-10/h2-5,7,13H,6H2,1H3,(H,11,12)/t7-/m0/s1. The van der Waals surface area contributed by atoms with Crippen LogP contribution in [0.3, 0.4) is 0 Å². The summed E-state index contributed by atoms with van der Waals surface area (Å²) in [5.74, 6) is 0.666. The first-order chi connectivity index (χ1) is 6.75. The number of aromatic amines is 1. The maximum absolute atomic E-state index is 9.13. The quantitative estimate of drug-likeness (QED) is 0.759. The average Bonchev–Trinajstić information content (AvgIpc) is 2.57. The van der Waals surface area contributed by atoms with Gasteiger partial charge in [-0.3, -0.25) is 0 Å². The van der Waals surface area contributed by atoms with Gasteiger partial charge in [-0.25, -0.2) is 4.98 Å². The molecule has 1 heterocycles. The van der Waals surface area contributed by atoms with E-state index in [2.05, 4.69) is 9.97 Å². The van der Waals surface area contributed by atoms with Gasteiger partial charge in [0.25, 0.3) is 0 Å². The smallest absolute Gasteiger partial charge is 0.166 e. The third-order valence-electron chi connectivity index (χ3n) is 1.83. The molecule has 1 atom stereocenters. The highest BCUT2D eigenvalue weighted by Crippen LogP contribution is 2.19. The molecule has 0 spiro atoms. The first-order valence-electron chi connectivity index (χ1n) is 4.51. The second kappa shape index (κ2) is 4.02. The summed E-state index contributed by atoms with van der Waals surface area (Å²) < 4.78 is 0. The molecule has 2 rings (SSSR count). The highest BCUT2D eigenvalue weighted by molar-refractivity contribution is 7.99. The number of aliphatic hydroxyl groups is 1. The first-order valence-corrected chi connectivity index (χ1v) is 5.50. The molecule has 0 amide bonds. The van der Waals surface area contributed by atoms with Crippen molar-refractivity contribution in [1.29, 1.82) is 0 Å². The summed E-state index contributed by atoms with van der Waals surface area (Å²) in [6, 6.07) is 7.91. The number of rotatable bonds is 3. The highest BCUT2D eigenvalue weighted by Gasteiger charge is 2.03. The van der Waals surface area contributed by atoms with E-state index in [0.29, 0.717) is 5.75 Å². The number of benzene rings is 1. The number of fused-ring (bicyclic) bond motifs is 1. The number of imidazole rings is 1. The molecule has 2 N–H and O–H groups in total. The van der Waals surface area contributed by atoms with Gasteiger partial charge in [0.05, 0.1) is 17.1 Å². The number of H-pyrrole nitrogens is 1. The van der Waals surface area contributed by atoms with Crippen molar-refractivity contribution in [2.75, 3.05) is 5.75 Å². The summed E-state index contributed by atoms with van der Waals surface area (Å²) in [7, 11) is 0. The van der Waals surface area contributed by atoms with Crippen LogP contribution < -0.4 is 0 Å². The number of aliphatic hydroxyl groups excluding tert-OH is 1. The number of hydrogen-bond acceptors (Lipinski definition) is 3. The summed E-state index contributed by atoms with van der Waals surface area (Å²) >= 11 is 1.54. The Labute approximate surface area is 86.6 Å². The minimum absolute atomic E-state index is 0.298. The SMILES string of the molecule is C[C@H](O)CSc1nc2ccccc2[nH]1. The number of thioether (sulfide) groups is 1. The molecule has 0 radical (unpaired) electrons. The minimum atomic E-state index is -0.298. The molecule has 0 fully saturated rings. The molecule has 0 aliphatic rings. The lowest BCUT2D eigenvalue weighted by molar-refractivity contribution is 0.220. The molecule has 74 valence electrons. The molecular formula is C10H12N2OS. The number of para-hydroxylation sites is 2. The number of nitrogens with zero attached hydrogens (tertiary/aromatic N) is 1. The van der Waals surface area contributed by atoms with Crippen molar-refractivity contribution in [3.8, 4) is 0 Å². The van der Waals surface area contributed by atoms with Gasteiger partial charge < -0.3 is 10.1 Å². The van der Waals surface area contributed by atoms with Gasteiger partial charge in [-0.1, -0.05) is 23.9 Å². The molecule has 0 bridgehead atoms. The monoisotopic (exact) mass is 208 g/mol. The van der Waals surface area contributed by atoms with Crippen molar-refractivity contribution in [3.63, 3.8) is 0 Å². The van der Waals surface area contributed by atoms with Gasteiger partial charge in [0.15, 0.2) is 5.16 Å². The van der Waals surface area contributed by atoms with Crippen LogP contribution in [0.5, 0.6) is 0 Å². The van der Waals surface area contributed by atoms with Crippen molar-refractivity contribution in [3.05, 3.63) is 24.3 Å². The summed E-state index contributed by atoms with van der Waals surface area (Å²) in [5, 5.41) is 9.99. The largest absolute Gasteiger partial charge is 0.393 e. The van der Waals surface area contributed by atoms with Crippen LogP contribution in [0.25, 0.3) is 11.0 Å². The Bertz CT molecular complexity index is 392. The second-order valence-corrected chi connectivity index (χ2v) is 4.23. The van der Waals surface area contributed by atoms with Crippen LogP contribution in [0.4, 0.5) is 0 Å². The Hall–Kier alpha value is -1.00. The van der Waals surface area contributed by atoms with Crippen LogP contribution in [0, 0.1) is 0 Å². The molecular weight excluding hydrogens is 196 g/mol. The minimum Gasteiger partial charge on any atom is -0.393 e. The Kier molecular flexibility index (Phi) is 2.74. The van der Waals surface area contributed by atoms with Crippen LogP contribution in [0.15, 0.2) is 29.4 Å². The molecule has 1 aromatic carbocycles. The molecule has 0 aliphatic carbocycles. The van der Waals surface area contributed by atoms with Crippen molar-refractivity contribution < 1.29 is 5.11 Å². The van der Waals surface area contributed by atoms with Gasteiger partial charge >= 0.3 is 0 Å². The third kappa shape index (κ3) is 2.08. The zero-order chi connectivity index (χ0) is 9.97. The van der Waals surface area contributed by atoms with Gasteiger partial charge in [0, 0.05) is 5.75 Å². The lowest BCUT2D eigenvalue weighted by Gasteiger charge is -1.99. The van der Waals surface area contributed by atoms with Crippen molar-refractivity contribution >= 4 is 22.8 Å². The van der Waals surface area contributed by atoms with E-state index >= 15 is 0 Å². The maximum atomic E-state index is 9.13. The summed E-state index contributed by atoms with van der Waals surface area (Å²) in [6.45, 7) is 1.77. The second-order valence-electron chi connectivity index (χ2n) is 3.22. The third-order valence-corrected chi connectivity index (χ3v) is 2.94. The first kappa shape index (κ1) is 9.55. The number of hydrogen-bond donors (Lipinski definition) is 2. The van der Waals surface area contributed by atoms with Crippen molar-refractivity contribution in [2.45, 2.75) is 18.2 Å². The Morgan fingerprint density at radius 3 is 3.00 bits per heavy atom. The van der Waals surface area contributed by atoms with Gasteiger partial charge in [0.1, 0.15) is 0 Å². The van der Waals surface area contributed by atoms with Gasteiger partial charge in [-0.05, 0) is 19.1 Å². The molecule has 0 aliphatic heterocycles. The van der Waals surface area contributed by atoms with E-state index in [0.717, 1.165) is 16.2 Å². The molecule has 14 heavy (non-hydrogen) atoms. The van der Waals surface area contributed by atoms with E-state index in [1.807, 2.05) is 24.3 Å². The molecule has 0 saturated heterocycles. The van der Waals surface area contributed by atoms with Gasteiger partial charge in [0.2, 0.25) is 0 Å². The molecule has 3 nitrogen and oxygen atoms in total. The van der Waals surface area contributed by atoms with Crippen LogP contribution in [-0.4, -0.2) is 26.9 Å². The molecule has 0 unspecified atom stereocenters. The van der Waals surface area contributed by atoms with Crippen LogP contribution in [-0.2, 0) is 0 Å². The summed E-state index contributed by atoms with van der Waals surface area (Å²) in [6.07, 6.45) is -0.298. The molecule has 4 heteroatoms. The Morgan fingerprint density at radius 1 is 1.50 bits per heavy atom. The van der Waals surface area contributed by atoms with Crippen molar-refractivity contribution in [1.82, 2.24) is 9.97 Å². The number of nitrogens with one attached hydrogen (secondary N) is 1. The van der Waals surface area contributed by atoms with E-state index in [9.17, 15) is 0 Å². The predicted octanol–water partition coefficient (Wildman–Crippen LogP) is 2.04.